The molecule has 2 aromatic rings. The topological polar surface area (TPSA) is 90.7 Å². The van der Waals surface area contributed by atoms with Crippen LogP contribution in [0.15, 0.2) is 12.3 Å². The van der Waals surface area contributed by atoms with E-state index in [1.165, 1.54) is 12.8 Å². The van der Waals surface area contributed by atoms with Gasteiger partial charge in [-0.15, -0.1) is 0 Å². The molecule has 4 atom stereocenters. The number of hydrogen-bond donors (Lipinski definition) is 2. The molecular weight excluding hydrogens is 372 g/mol. The van der Waals surface area contributed by atoms with E-state index in [1.54, 1.807) is 0 Å². The minimum absolute atomic E-state index is 0.139. The van der Waals surface area contributed by atoms with Crippen molar-refractivity contribution >= 4 is 28.5 Å². The Morgan fingerprint density at radius 1 is 1.30 bits per heavy atom. The molecule has 8 nitrogen and oxygen atoms in total. The number of hydrogen-bond acceptors (Lipinski definition) is 7. The maximum atomic E-state index is 9.70. The number of ether oxygens (including phenoxy) is 3. The lowest BCUT2D eigenvalue weighted by Gasteiger charge is -2.24. The van der Waals surface area contributed by atoms with E-state index in [-0.39, 0.29) is 24.1 Å². The number of aromatic nitrogens is 3. The smallest absolute Gasteiger partial charge is 0.226 e. The molecule has 0 aromatic carbocycles. The molecule has 3 fully saturated rings. The van der Waals surface area contributed by atoms with E-state index in [4.69, 9.17) is 25.8 Å². The minimum Gasteiger partial charge on any atom is -0.394 e. The molecule has 0 amide bonds. The highest BCUT2D eigenvalue weighted by Crippen LogP contribution is 2.44. The zero-order valence-corrected chi connectivity index (χ0v) is 16.0. The minimum atomic E-state index is -0.725. The van der Waals surface area contributed by atoms with Gasteiger partial charge in [0, 0.05) is 12.7 Å². The number of rotatable bonds is 5. The van der Waals surface area contributed by atoms with Crippen LogP contribution in [0, 0.1) is 5.92 Å². The molecule has 2 saturated heterocycles. The molecule has 1 aliphatic carbocycles. The quantitative estimate of drug-likeness (QED) is 0.752. The van der Waals surface area contributed by atoms with Crippen molar-refractivity contribution in [3.63, 3.8) is 0 Å². The molecular formula is C18H23ClN4O4. The molecule has 4 heterocycles. The first-order valence-electron chi connectivity index (χ1n) is 9.35. The van der Waals surface area contributed by atoms with E-state index in [1.807, 2.05) is 30.7 Å². The number of anilines is 1. The molecule has 0 spiro atoms. The van der Waals surface area contributed by atoms with Crippen LogP contribution in [-0.2, 0) is 14.2 Å². The molecule has 1 saturated carbocycles. The van der Waals surface area contributed by atoms with Crippen molar-refractivity contribution < 1.29 is 19.3 Å². The summed E-state index contributed by atoms with van der Waals surface area (Å²) in [5.41, 5.74) is 0.670. The monoisotopic (exact) mass is 394 g/mol. The number of nitrogens with zero attached hydrogens (tertiary/aromatic N) is 3. The lowest BCUT2D eigenvalue weighted by atomic mass is 10.1. The molecule has 3 aliphatic rings. The van der Waals surface area contributed by atoms with Crippen molar-refractivity contribution in [1.82, 2.24) is 14.5 Å². The van der Waals surface area contributed by atoms with Gasteiger partial charge in [0.05, 0.1) is 12.0 Å². The summed E-state index contributed by atoms with van der Waals surface area (Å²) in [6.45, 7) is 4.48. The molecule has 146 valence electrons. The van der Waals surface area contributed by atoms with Crippen LogP contribution >= 0.6 is 11.6 Å². The molecule has 27 heavy (non-hydrogen) atoms. The Bertz CT molecular complexity index is 868. The Labute approximate surface area is 161 Å². The maximum absolute atomic E-state index is 9.70. The number of aliphatic hydroxyl groups excluding tert-OH is 1. The summed E-state index contributed by atoms with van der Waals surface area (Å²) in [4.78, 5) is 8.78. The van der Waals surface area contributed by atoms with Crippen LogP contribution in [-0.4, -0.2) is 56.9 Å². The van der Waals surface area contributed by atoms with E-state index in [0.29, 0.717) is 11.6 Å². The summed E-state index contributed by atoms with van der Waals surface area (Å²) < 4.78 is 20.0. The first-order chi connectivity index (χ1) is 12.9. The summed E-state index contributed by atoms with van der Waals surface area (Å²) in [5, 5.41) is 14.1. The summed E-state index contributed by atoms with van der Waals surface area (Å²) in [6, 6.07) is 1.95. The van der Waals surface area contributed by atoms with Crippen molar-refractivity contribution in [2.45, 2.75) is 57.0 Å². The van der Waals surface area contributed by atoms with Crippen molar-refractivity contribution in [3.8, 4) is 0 Å². The van der Waals surface area contributed by atoms with Crippen molar-refractivity contribution in [1.29, 1.82) is 0 Å². The lowest BCUT2D eigenvalue weighted by Crippen LogP contribution is -2.31. The molecule has 9 heteroatoms. The first kappa shape index (κ1) is 17.6. The predicted octanol–water partition coefficient (Wildman–Crippen LogP) is 2.32. The van der Waals surface area contributed by atoms with Gasteiger partial charge in [0.25, 0.3) is 0 Å². The predicted molar refractivity (Wildman–Crippen MR) is 98.6 cm³/mol. The number of aliphatic hydroxyl groups is 1. The van der Waals surface area contributed by atoms with Gasteiger partial charge in [0.2, 0.25) is 5.28 Å². The van der Waals surface area contributed by atoms with Crippen LogP contribution < -0.4 is 5.32 Å². The van der Waals surface area contributed by atoms with Crippen LogP contribution in [0.1, 0.15) is 32.9 Å². The zero-order valence-electron chi connectivity index (χ0n) is 15.3. The molecule has 5 rings (SSSR count). The van der Waals surface area contributed by atoms with Crippen LogP contribution in [0.4, 0.5) is 5.82 Å². The van der Waals surface area contributed by atoms with Gasteiger partial charge in [0.1, 0.15) is 29.8 Å². The van der Waals surface area contributed by atoms with Crippen LogP contribution in [0.25, 0.3) is 11.0 Å². The number of nitrogens with one attached hydrogen (secondary N) is 1. The molecule has 0 unspecified atom stereocenters. The normalized spacial score (nSPS) is 32.1. The SMILES string of the molecule is CC1(C)O[C@@H]2[C@H](O1)[C@@H](CO)O[C@H]2n1ccc2c(NCC3CC3)nc(Cl)nc21. The van der Waals surface area contributed by atoms with E-state index in [0.717, 1.165) is 17.7 Å². The van der Waals surface area contributed by atoms with Gasteiger partial charge < -0.3 is 29.2 Å². The summed E-state index contributed by atoms with van der Waals surface area (Å²) in [7, 11) is 0. The molecule has 0 radical (unpaired) electrons. The summed E-state index contributed by atoms with van der Waals surface area (Å²) in [5.74, 6) is 0.719. The van der Waals surface area contributed by atoms with E-state index < -0.39 is 18.1 Å². The number of fused-ring (bicyclic) bond motifs is 2. The average molecular weight is 395 g/mol. The van der Waals surface area contributed by atoms with Gasteiger partial charge in [0.15, 0.2) is 12.0 Å². The third kappa shape index (κ3) is 3.09. The molecule has 2 N–H and O–H groups in total. The molecule has 2 aliphatic heterocycles. The number of halogens is 1. The highest BCUT2D eigenvalue weighted by molar-refractivity contribution is 6.28. The van der Waals surface area contributed by atoms with Gasteiger partial charge in [-0.25, -0.2) is 4.98 Å². The zero-order chi connectivity index (χ0) is 18.8. The first-order valence-corrected chi connectivity index (χ1v) is 9.73. The Morgan fingerprint density at radius 2 is 2.07 bits per heavy atom. The van der Waals surface area contributed by atoms with Gasteiger partial charge in [-0.3, -0.25) is 0 Å². The lowest BCUT2D eigenvalue weighted by molar-refractivity contribution is -0.199. The third-order valence-electron chi connectivity index (χ3n) is 5.38. The second-order valence-corrected chi connectivity index (χ2v) is 8.28. The highest BCUT2D eigenvalue weighted by Gasteiger charge is 2.55. The van der Waals surface area contributed by atoms with Gasteiger partial charge in [-0.1, -0.05) is 0 Å². The summed E-state index contributed by atoms with van der Waals surface area (Å²) in [6.07, 6.45) is 2.81. The fourth-order valence-corrected chi connectivity index (χ4v) is 4.10. The maximum Gasteiger partial charge on any atom is 0.226 e. The van der Waals surface area contributed by atoms with Crippen molar-refractivity contribution in [2.24, 2.45) is 5.92 Å². The van der Waals surface area contributed by atoms with E-state index >= 15 is 0 Å². The van der Waals surface area contributed by atoms with Crippen LogP contribution in [0.2, 0.25) is 5.28 Å². The molecule has 2 aromatic heterocycles. The van der Waals surface area contributed by atoms with Gasteiger partial charge in [-0.05, 0) is 50.3 Å². The van der Waals surface area contributed by atoms with Crippen molar-refractivity contribution in [3.05, 3.63) is 17.5 Å². The van der Waals surface area contributed by atoms with E-state index in [2.05, 4.69) is 15.3 Å². The Morgan fingerprint density at radius 3 is 2.81 bits per heavy atom. The fraction of sp³-hybridized carbons (Fsp3) is 0.667. The fourth-order valence-electron chi connectivity index (χ4n) is 3.94. The highest BCUT2D eigenvalue weighted by atomic mass is 35.5. The van der Waals surface area contributed by atoms with Gasteiger partial charge >= 0.3 is 0 Å². The van der Waals surface area contributed by atoms with E-state index in [9.17, 15) is 5.11 Å². The average Bonchev–Trinajstić information content (AvgIpc) is 3.15. The van der Waals surface area contributed by atoms with Crippen LogP contribution in [0.3, 0.4) is 0 Å². The Kier molecular flexibility index (Phi) is 4.10. The Hall–Kier alpha value is -1.45. The second-order valence-electron chi connectivity index (χ2n) is 7.94. The van der Waals surface area contributed by atoms with Crippen molar-refractivity contribution in [2.75, 3.05) is 18.5 Å². The standard InChI is InChI=1S/C18H23ClN4O4/c1-18(2)26-12-11(8-24)25-16(13(12)27-18)23-6-5-10-14(20-7-9-3-4-9)21-17(19)22-15(10)23/h5-6,9,11-13,16,24H,3-4,7-8H2,1-2H3,(H,20,21,22)/t11-,12-,13-,16-/m1/s1. The largest absolute Gasteiger partial charge is 0.394 e. The van der Waals surface area contributed by atoms with Gasteiger partial charge in [-0.2, -0.15) is 4.98 Å². The third-order valence-corrected chi connectivity index (χ3v) is 5.55. The summed E-state index contributed by atoms with van der Waals surface area (Å²) >= 11 is 6.19. The Balaban J connectivity index is 1.51. The second kappa shape index (κ2) is 6.28. The molecule has 0 bridgehead atoms. The van der Waals surface area contributed by atoms with Crippen LogP contribution in [0.5, 0.6) is 0 Å².